The van der Waals surface area contributed by atoms with Crippen molar-refractivity contribution in [2.75, 3.05) is 20.3 Å². The van der Waals surface area contributed by atoms with Crippen molar-refractivity contribution in [3.8, 4) is 5.75 Å². The quantitative estimate of drug-likeness (QED) is 0.714. The van der Waals surface area contributed by atoms with Crippen LogP contribution >= 0.6 is 31.9 Å². The van der Waals surface area contributed by atoms with Crippen LogP contribution in [0.2, 0.25) is 0 Å². The molecule has 0 aliphatic rings. The lowest BCUT2D eigenvalue weighted by Crippen LogP contribution is -2.08. The van der Waals surface area contributed by atoms with Crippen molar-refractivity contribution in [2.24, 2.45) is 0 Å². The van der Waals surface area contributed by atoms with E-state index >= 15 is 0 Å². The highest BCUT2D eigenvalue weighted by atomic mass is 79.9. The fourth-order valence-electron chi connectivity index (χ4n) is 1.93. The summed E-state index contributed by atoms with van der Waals surface area (Å²) >= 11 is 6.88. The molecule has 0 aliphatic carbocycles. The summed E-state index contributed by atoms with van der Waals surface area (Å²) in [7, 11) is 1.63. The number of halogens is 2. The second kappa shape index (κ2) is 7.94. The van der Waals surface area contributed by atoms with E-state index in [4.69, 9.17) is 9.47 Å². The molecule has 1 N–H and O–H groups in total. The summed E-state index contributed by atoms with van der Waals surface area (Å²) in [5.74, 6) is 0.668. The van der Waals surface area contributed by atoms with E-state index in [0.29, 0.717) is 19.0 Å². The Hall–Kier alpha value is -0.880. The normalized spacial score (nSPS) is 12.2. The number of methoxy groups -OCH3 is 1. The van der Waals surface area contributed by atoms with Gasteiger partial charge < -0.3 is 14.6 Å². The van der Waals surface area contributed by atoms with Crippen molar-refractivity contribution < 1.29 is 14.6 Å². The summed E-state index contributed by atoms with van der Waals surface area (Å²) in [4.78, 5) is 0. The monoisotopic (exact) mass is 414 g/mol. The molecule has 2 aromatic rings. The van der Waals surface area contributed by atoms with Crippen LogP contribution in [0.4, 0.5) is 0 Å². The molecule has 3 nitrogen and oxygen atoms in total. The molecule has 0 aliphatic heterocycles. The van der Waals surface area contributed by atoms with Gasteiger partial charge >= 0.3 is 0 Å². The van der Waals surface area contributed by atoms with Crippen LogP contribution in [0.1, 0.15) is 17.2 Å². The molecule has 0 spiro atoms. The van der Waals surface area contributed by atoms with Crippen LogP contribution < -0.4 is 4.74 Å². The average Bonchev–Trinajstić information content (AvgIpc) is 2.50. The van der Waals surface area contributed by atoms with Gasteiger partial charge in [-0.3, -0.25) is 0 Å². The molecule has 0 amide bonds. The highest BCUT2D eigenvalue weighted by Gasteiger charge is 2.16. The molecule has 2 aromatic carbocycles. The minimum Gasteiger partial charge on any atom is -0.491 e. The smallest absolute Gasteiger partial charge is 0.125 e. The van der Waals surface area contributed by atoms with E-state index in [-0.39, 0.29) is 0 Å². The third-order valence-corrected chi connectivity index (χ3v) is 4.90. The van der Waals surface area contributed by atoms with Gasteiger partial charge in [-0.25, -0.2) is 0 Å². The zero-order valence-electron chi connectivity index (χ0n) is 11.6. The molecule has 2 rings (SSSR count). The molecular formula is C16H16Br2O3. The summed E-state index contributed by atoms with van der Waals surface area (Å²) in [6.07, 6.45) is -0.742. The summed E-state index contributed by atoms with van der Waals surface area (Å²) in [5, 5.41) is 10.6. The first kappa shape index (κ1) is 16.5. The van der Waals surface area contributed by atoms with Crippen LogP contribution in [-0.2, 0) is 4.74 Å². The minimum absolute atomic E-state index is 0.449. The third kappa shape index (κ3) is 4.30. The van der Waals surface area contributed by atoms with Gasteiger partial charge in [0, 0.05) is 21.6 Å². The lowest BCUT2D eigenvalue weighted by Gasteiger charge is -2.17. The summed E-state index contributed by atoms with van der Waals surface area (Å²) in [6, 6.07) is 13.2. The third-order valence-electron chi connectivity index (χ3n) is 3.02. The zero-order chi connectivity index (χ0) is 15.2. The van der Waals surface area contributed by atoms with Crippen molar-refractivity contribution in [3.63, 3.8) is 0 Å². The van der Waals surface area contributed by atoms with Crippen LogP contribution in [0.3, 0.4) is 0 Å². The topological polar surface area (TPSA) is 38.7 Å². The average molecular weight is 416 g/mol. The van der Waals surface area contributed by atoms with Gasteiger partial charge in [0.25, 0.3) is 0 Å². The summed E-state index contributed by atoms with van der Waals surface area (Å²) in [5.41, 5.74) is 1.54. The SMILES string of the molecule is COCCOc1ccccc1C(O)c1ccc(Br)c(Br)c1. The fourth-order valence-corrected chi connectivity index (χ4v) is 2.58. The Bertz CT molecular complexity index is 602. The molecular weight excluding hydrogens is 400 g/mol. The molecule has 0 bridgehead atoms. The van der Waals surface area contributed by atoms with Gasteiger partial charge in [0.2, 0.25) is 0 Å². The van der Waals surface area contributed by atoms with Gasteiger partial charge in [-0.1, -0.05) is 24.3 Å². The molecule has 0 fully saturated rings. The Morgan fingerprint density at radius 1 is 1.05 bits per heavy atom. The van der Waals surface area contributed by atoms with E-state index in [0.717, 1.165) is 20.1 Å². The van der Waals surface area contributed by atoms with Crippen molar-refractivity contribution in [3.05, 3.63) is 62.5 Å². The molecule has 0 saturated carbocycles. The van der Waals surface area contributed by atoms with Gasteiger partial charge in [0.05, 0.1) is 6.61 Å². The second-order valence-corrected chi connectivity index (χ2v) is 6.16. The van der Waals surface area contributed by atoms with E-state index in [1.807, 2.05) is 42.5 Å². The number of para-hydroxylation sites is 1. The van der Waals surface area contributed by atoms with Crippen LogP contribution in [-0.4, -0.2) is 25.4 Å². The van der Waals surface area contributed by atoms with Gasteiger partial charge in [0.15, 0.2) is 0 Å². The predicted molar refractivity (Wildman–Crippen MR) is 89.7 cm³/mol. The number of aliphatic hydroxyl groups is 1. The molecule has 1 unspecified atom stereocenters. The Morgan fingerprint density at radius 2 is 1.81 bits per heavy atom. The number of benzene rings is 2. The Kier molecular flexibility index (Phi) is 6.23. The first-order chi connectivity index (χ1) is 10.1. The van der Waals surface area contributed by atoms with E-state index < -0.39 is 6.10 Å². The molecule has 1 atom stereocenters. The van der Waals surface area contributed by atoms with Gasteiger partial charge in [0.1, 0.15) is 18.5 Å². The molecule has 112 valence electrons. The van der Waals surface area contributed by atoms with E-state index in [1.165, 1.54) is 0 Å². The van der Waals surface area contributed by atoms with E-state index in [9.17, 15) is 5.11 Å². The van der Waals surface area contributed by atoms with Crippen molar-refractivity contribution in [2.45, 2.75) is 6.10 Å². The maximum Gasteiger partial charge on any atom is 0.125 e. The summed E-state index contributed by atoms with van der Waals surface area (Å²) in [6.45, 7) is 0.957. The molecule has 5 heteroatoms. The van der Waals surface area contributed by atoms with Crippen LogP contribution in [0.15, 0.2) is 51.4 Å². The number of ether oxygens (including phenoxy) is 2. The number of aliphatic hydroxyl groups excluding tert-OH is 1. The number of rotatable bonds is 6. The van der Waals surface area contributed by atoms with Crippen LogP contribution in [0, 0.1) is 0 Å². The standard InChI is InChI=1S/C16H16Br2O3/c1-20-8-9-21-15-5-3-2-4-12(15)16(19)11-6-7-13(17)14(18)10-11/h2-7,10,16,19H,8-9H2,1H3. The van der Waals surface area contributed by atoms with Crippen LogP contribution in [0.25, 0.3) is 0 Å². The molecule has 0 heterocycles. The second-order valence-electron chi connectivity index (χ2n) is 4.46. The molecule has 21 heavy (non-hydrogen) atoms. The van der Waals surface area contributed by atoms with Gasteiger partial charge in [-0.15, -0.1) is 0 Å². The minimum atomic E-state index is -0.742. The number of hydrogen-bond donors (Lipinski definition) is 1. The molecule has 0 aromatic heterocycles. The predicted octanol–water partition coefficient (Wildman–Crippen LogP) is 4.32. The Labute approximate surface area is 141 Å². The Morgan fingerprint density at radius 3 is 2.52 bits per heavy atom. The first-order valence-corrected chi connectivity index (χ1v) is 8.05. The molecule has 0 radical (unpaired) electrons. The van der Waals surface area contributed by atoms with Gasteiger partial charge in [-0.05, 0) is 55.6 Å². The zero-order valence-corrected chi connectivity index (χ0v) is 14.7. The van der Waals surface area contributed by atoms with Crippen molar-refractivity contribution >= 4 is 31.9 Å². The number of hydrogen-bond acceptors (Lipinski definition) is 3. The maximum atomic E-state index is 10.6. The maximum absolute atomic E-state index is 10.6. The lowest BCUT2D eigenvalue weighted by molar-refractivity contribution is 0.142. The van der Waals surface area contributed by atoms with Crippen molar-refractivity contribution in [1.29, 1.82) is 0 Å². The van der Waals surface area contributed by atoms with Crippen molar-refractivity contribution in [1.82, 2.24) is 0 Å². The first-order valence-electron chi connectivity index (χ1n) is 6.47. The lowest BCUT2D eigenvalue weighted by atomic mass is 10.0. The van der Waals surface area contributed by atoms with Crippen LogP contribution in [0.5, 0.6) is 5.75 Å². The van der Waals surface area contributed by atoms with E-state index in [2.05, 4.69) is 31.9 Å². The van der Waals surface area contributed by atoms with E-state index in [1.54, 1.807) is 7.11 Å². The molecule has 0 saturated heterocycles. The fraction of sp³-hybridized carbons (Fsp3) is 0.250. The largest absolute Gasteiger partial charge is 0.491 e. The highest BCUT2D eigenvalue weighted by molar-refractivity contribution is 9.13. The summed E-state index contributed by atoms with van der Waals surface area (Å²) < 4.78 is 12.5. The Balaban J connectivity index is 2.25. The van der Waals surface area contributed by atoms with Gasteiger partial charge in [-0.2, -0.15) is 0 Å². The highest BCUT2D eigenvalue weighted by Crippen LogP contribution is 2.33.